The molecule has 0 aliphatic rings. The van der Waals surface area contributed by atoms with Gasteiger partial charge in [0.15, 0.2) is 6.61 Å². The molecule has 3 aromatic rings. The van der Waals surface area contributed by atoms with Gasteiger partial charge in [0.05, 0.1) is 5.75 Å². The maximum absolute atomic E-state index is 13.0. The first-order chi connectivity index (χ1) is 20.9. The summed E-state index contributed by atoms with van der Waals surface area (Å²) in [7, 11) is -1.52. The number of nitrogens with zero attached hydrogens (tertiary/aromatic N) is 1. The highest BCUT2D eigenvalue weighted by Gasteiger charge is 2.14. The van der Waals surface area contributed by atoms with Gasteiger partial charge in [-0.05, 0) is 48.7 Å². The minimum Gasteiger partial charge on any atom is -0.452 e. The number of hydrogen-bond donors (Lipinski definition) is 2. The second-order valence-electron chi connectivity index (χ2n) is 10.4. The largest absolute Gasteiger partial charge is 0.452 e. The fourth-order valence-electron chi connectivity index (χ4n) is 4.19. The van der Waals surface area contributed by atoms with Gasteiger partial charge in [-0.25, -0.2) is 8.42 Å². The summed E-state index contributed by atoms with van der Waals surface area (Å²) in [6.07, 6.45) is 5.90. The van der Waals surface area contributed by atoms with E-state index < -0.39 is 21.2 Å². The number of aromatic nitrogens is 1. The molecule has 0 spiro atoms. The van der Waals surface area contributed by atoms with Crippen LogP contribution in [0.1, 0.15) is 60.0 Å². The Hall–Kier alpha value is -4.14. The normalized spacial score (nSPS) is 11.0. The molecular weight excluding hydrogens is 606 g/mol. The van der Waals surface area contributed by atoms with Crippen molar-refractivity contribution in [3.63, 3.8) is 0 Å². The van der Waals surface area contributed by atoms with E-state index in [1.807, 2.05) is 0 Å². The number of nitrogens with one attached hydrogen (secondary N) is 2. The number of ether oxygens (including phenoxy) is 1. The van der Waals surface area contributed by atoms with E-state index in [0.717, 1.165) is 24.7 Å². The van der Waals surface area contributed by atoms with Gasteiger partial charge in [-0.1, -0.05) is 48.4 Å². The summed E-state index contributed by atoms with van der Waals surface area (Å²) in [5, 5.41) is 3.64. The molecule has 2 N–H and O–H groups in total. The molecule has 2 amide bonds. The van der Waals surface area contributed by atoms with Crippen LogP contribution in [0.15, 0.2) is 53.5 Å². The Labute approximate surface area is 262 Å². The standard InChI is InChI=1S/C32H36ClN3O7S/c1-36(17-19-44(2,41)42)29(37)9-5-3-4-6-10-30(38)43-18-7-8-23-13-16-28-26(20-23)31(39)27(22-34-28)32(40)35-21-24-11-14-25(33)15-12-24/h11-16,20,22H,3-6,9-10,17-19,21H2,1-2H3,(H,34,39)(H,35,40). The minimum atomic E-state index is -3.11. The monoisotopic (exact) mass is 641 g/mol. The van der Waals surface area contributed by atoms with Gasteiger partial charge in [0.2, 0.25) is 11.3 Å². The number of esters is 1. The number of hydrogen-bond acceptors (Lipinski definition) is 7. The van der Waals surface area contributed by atoms with Crippen LogP contribution in [0.3, 0.4) is 0 Å². The van der Waals surface area contributed by atoms with Gasteiger partial charge in [-0.3, -0.25) is 19.2 Å². The third-order valence-electron chi connectivity index (χ3n) is 6.77. The molecule has 234 valence electrons. The predicted molar refractivity (Wildman–Crippen MR) is 170 cm³/mol. The molecule has 0 saturated carbocycles. The number of carbonyl (C=O) groups is 3. The molecule has 1 heterocycles. The van der Waals surface area contributed by atoms with Crippen LogP contribution in [0, 0.1) is 11.8 Å². The van der Waals surface area contributed by atoms with E-state index in [9.17, 15) is 27.6 Å². The Balaban J connectivity index is 1.40. The molecule has 0 unspecified atom stereocenters. The number of unbranched alkanes of at least 4 members (excludes halogenated alkanes) is 3. The third kappa shape index (κ3) is 11.5. The van der Waals surface area contributed by atoms with Gasteiger partial charge in [-0.2, -0.15) is 0 Å². The Morgan fingerprint density at radius 1 is 1.02 bits per heavy atom. The molecule has 3 rings (SSSR count). The van der Waals surface area contributed by atoms with Gasteiger partial charge in [0, 0.05) is 66.9 Å². The molecule has 2 aromatic carbocycles. The average Bonchev–Trinajstić information content (AvgIpc) is 2.99. The molecule has 0 bridgehead atoms. The molecular formula is C32H36ClN3O7S. The summed E-state index contributed by atoms with van der Waals surface area (Å²) in [6, 6.07) is 12.0. The van der Waals surface area contributed by atoms with Crippen LogP contribution in [-0.4, -0.2) is 68.3 Å². The fourth-order valence-corrected chi connectivity index (χ4v) is 4.92. The third-order valence-corrected chi connectivity index (χ3v) is 7.95. The molecule has 12 heteroatoms. The van der Waals surface area contributed by atoms with E-state index in [0.29, 0.717) is 40.8 Å². The second kappa shape index (κ2) is 16.6. The van der Waals surface area contributed by atoms with E-state index in [-0.39, 0.29) is 49.3 Å². The maximum Gasteiger partial charge on any atom is 0.306 e. The molecule has 44 heavy (non-hydrogen) atoms. The number of aromatic amines is 1. The van der Waals surface area contributed by atoms with Crippen LogP contribution in [0.25, 0.3) is 10.9 Å². The molecule has 0 aliphatic heterocycles. The Kier molecular flexibility index (Phi) is 13.0. The maximum atomic E-state index is 13.0. The number of carbonyl (C=O) groups excluding carboxylic acids is 3. The number of amides is 2. The molecule has 0 radical (unpaired) electrons. The SMILES string of the molecule is CN(CCS(C)(=O)=O)C(=O)CCCCCCC(=O)OCC#Cc1ccc2[nH]cc(C(=O)NCc3ccc(Cl)cc3)c(=O)c2c1. The van der Waals surface area contributed by atoms with Gasteiger partial charge < -0.3 is 19.9 Å². The zero-order valence-electron chi connectivity index (χ0n) is 24.8. The lowest BCUT2D eigenvalue weighted by Crippen LogP contribution is -2.31. The molecule has 10 nitrogen and oxygen atoms in total. The minimum absolute atomic E-state index is 0.0194. The first-order valence-electron chi connectivity index (χ1n) is 14.2. The van der Waals surface area contributed by atoms with Crippen molar-refractivity contribution in [1.82, 2.24) is 15.2 Å². The summed E-state index contributed by atoms with van der Waals surface area (Å²) >= 11 is 5.89. The number of pyridine rings is 1. The van der Waals surface area contributed by atoms with E-state index in [1.54, 1.807) is 49.5 Å². The summed E-state index contributed by atoms with van der Waals surface area (Å²) in [6.45, 7) is 0.319. The number of fused-ring (bicyclic) bond motifs is 1. The first kappa shape index (κ1) is 34.4. The first-order valence-corrected chi connectivity index (χ1v) is 16.6. The lowest BCUT2D eigenvalue weighted by Gasteiger charge is -2.16. The molecule has 0 atom stereocenters. The number of H-pyrrole nitrogens is 1. The Morgan fingerprint density at radius 3 is 2.43 bits per heavy atom. The van der Waals surface area contributed by atoms with E-state index in [2.05, 4.69) is 22.1 Å². The number of sulfone groups is 1. The lowest BCUT2D eigenvalue weighted by molar-refractivity contribution is -0.142. The highest BCUT2D eigenvalue weighted by Crippen LogP contribution is 2.12. The average molecular weight is 642 g/mol. The quantitative estimate of drug-likeness (QED) is 0.155. The fraction of sp³-hybridized carbons (Fsp3) is 0.375. The van der Waals surface area contributed by atoms with Crippen LogP contribution in [0.4, 0.5) is 0 Å². The van der Waals surface area contributed by atoms with Crippen molar-refractivity contribution in [2.75, 3.05) is 32.2 Å². The van der Waals surface area contributed by atoms with Gasteiger partial charge in [0.25, 0.3) is 5.91 Å². The number of benzene rings is 2. The van der Waals surface area contributed by atoms with Gasteiger partial charge >= 0.3 is 5.97 Å². The van der Waals surface area contributed by atoms with Gasteiger partial charge in [0.1, 0.15) is 15.4 Å². The summed E-state index contributed by atoms with van der Waals surface area (Å²) in [4.78, 5) is 54.2. The van der Waals surface area contributed by atoms with Crippen molar-refractivity contribution >= 4 is 50.1 Å². The summed E-state index contributed by atoms with van der Waals surface area (Å²) in [5.74, 6) is 4.62. The zero-order chi connectivity index (χ0) is 32.1. The number of rotatable bonds is 14. The highest BCUT2D eigenvalue weighted by atomic mass is 35.5. The molecule has 0 saturated heterocycles. The van der Waals surface area contributed by atoms with Crippen LogP contribution < -0.4 is 10.7 Å². The van der Waals surface area contributed by atoms with Crippen molar-refractivity contribution in [3.05, 3.63) is 80.6 Å². The summed E-state index contributed by atoms with van der Waals surface area (Å²) < 4.78 is 27.6. The van der Waals surface area contributed by atoms with Crippen molar-refractivity contribution < 1.29 is 27.5 Å². The Morgan fingerprint density at radius 2 is 1.73 bits per heavy atom. The zero-order valence-corrected chi connectivity index (χ0v) is 26.4. The van der Waals surface area contributed by atoms with Gasteiger partial charge in [-0.15, -0.1) is 0 Å². The van der Waals surface area contributed by atoms with Crippen molar-refractivity contribution in [3.8, 4) is 11.8 Å². The number of halogens is 1. The van der Waals surface area contributed by atoms with Crippen LogP contribution in [0.2, 0.25) is 5.02 Å². The van der Waals surface area contributed by atoms with Crippen molar-refractivity contribution in [2.24, 2.45) is 0 Å². The topological polar surface area (TPSA) is 143 Å². The van der Waals surface area contributed by atoms with E-state index >= 15 is 0 Å². The van der Waals surface area contributed by atoms with E-state index in [4.69, 9.17) is 16.3 Å². The van der Waals surface area contributed by atoms with Crippen molar-refractivity contribution in [2.45, 2.75) is 45.1 Å². The van der Waals surface area contributed by atoms with Crippen LogP contribution >= 0.6 is 11.6 Å². The summed E-state index contributed by atoms with van der Waals surface area (Å²) in [5.41, 5.74) is 1.50. The Bertz CT molecular complexity index is 1710. The molecule has 0 fully saturated rings. The van der Waals surface area contributed by atoms with E-state index in [1.165, 1.54) is 11.1 Å². The van der Waals surface area contributed by atoms with Crippen molar-refractivity contribution in [1.29, 1.82) is 0 Å². The lowest BCUT2D eigenvalue weighted by atomic mass is 10.1. The molecule has 1 aromatic heterocycles. The predicted octanol–water partition coefficient (Wildman–Crippen LogP) is 3.85. The highest BCUT2D eigenvalue weighted by molar-refractivity contribution is 7.90. The smallest absolute Gasteiger partial charge is 0.306 e. The van der Waals surface area contributed by atoms with Crippen LogP contribution in [0.5, 0.6) is 0 Å². The molecule has 0 aliphatic carbocycles. The second-order valence-corrected chi connectivity index (χ2v) is 13.1. The van der Waals surface area contributed by atoms with Crippen LogP contribution in [-0.2, 0) is 30.7 Å².